The first-order valence-electron chi connectivity index (χ1n) is 9.38. The van der Waals surface area contributed by atoms with Crippen molar-refractivity contribution in [3.8, 4) is 0 Å². The zero-order valence-corrected chi connectivity index (χ0v) is 17.8. The number of carbonyl (C=O) groups excluding carboxylic acids is 3. The van der Waals surface area contributed by atoms with Crippen LogP contribution in [0.5, 0.6) is 0 Å². The molecule has 1 aromatic carbocycles. The van der Waals surface area contributed by atoms with E-state index in [2.05, 4.69) is 5.32 Å². The second kappa shape index (κ2) is 8.65. The first-order valence-corrected chi connectivity index (χ1v) is 10.2. The Morgan fingerprint density at radius 2 is 1.97 bits per heavy atom. The van der Waals surface area contributed by atoms with Gasteiger partial charge in [-0.05, 0) is 56.0 Å². The molecule has 7 nitrogen and oxygen atoms in total. The average Bonchev–Trinajstić information content (AvgIpc) is 3.06. The Labute approximate surface area is 173 Å². The molecule has 0 saturated carbocycles. The SMILES string of the molecule is CCOC(=O)N1CCc2c(sc(NC(=O)c3ccc(C)c(C)c3)c2C(=O)OC)C1. The Balaban J connectivity index is 1.90. The van der Waals surface area contributed by atoms with Crippen LogP contribution in [0.3, 0.4) is 0 Å². The maximum Gasteiger partial charge on any atom is 0.410 e. The highest BCUT2D eigenvalue weighted by Gasteiger charge is 2.31. The van der Waals surface area contributed by atoms with Crippen molar-refractivity contribution in [1.29, 1.82) is 0 Å². The molecule has 1 aliphatic rings. The van der Waals surface area contributed by atoms with Crippen LogP contribution >= 0.6 is 11.3 Å². The third-order valence-corrected chi connectivity index (χ3v) is 6.10. The number of carbonyl (C=O) groups is 3. The van der Waals surface area contributed by atoms with Gasteiger partial charge in [-0.1, -0.05) is 6.07 Å². The number of rotatable bonds is 4. The molecular weight excluding hydrogens is 392 g/mol. The Morgan fingerprint density at radius 3 is 2.62 bits per heavy atom. The molecule has 1 aliphatic heterocycles. The quantitative estimate of drug-likeness (QED) is 0.764. The van der Waals surface area contributed by atoms with Crippen molar-refractivity contribution in [3.05, 3.63) is 50.9 Å². The molecule has 0 fully saturated rings. The molecule has 3 rings (SSSR count). The topological polar surface area (TPSA) is 84.9 Å². The molecule has 0 unspecified atom stereocenters. The highest BCUT2D eigenvalue weighted by Crippen LogP contribution is 2.38. The first kappa shape index (κ1) is 20.9. The fourth-order valence-electron chi connectivity index (χ4n) is 3.24. The summed E-state index contributed by atoms with van der Waals surface area (Å²) in [6.07, 6.45) is 0.112. The lowest BCUT2D eigenvalue weighted by Gasteiger charge is -2.26. The van der Waals surface area contributed by atoms with Gasteiger partial charge in [-0.25, -0.2) is 9.59 Å². The van der Waals surface area contributed by atoms with E-state index in [-0.39, 0.29) is 12.0 Å². The van der Waals surface area contributed by atoms with E-state index in [1.165, 1.54) is 18.4 Å². The second-order valence-electron chi connectivity index (χ2n) is 6.82. The van der Waals surface area contributed by atoms with Gasteiger partial charge in [0.2, 0.25) is 0 Å². The summed E-state index contributed by atoms with van der Waals surface area (Å²) < 4.78 is 10.0. The zero-order valence-electron chi connectivity index (χ0n) is 17.0. The van der Waals surface area contributed by atoms with E-state index in [9.17, 15) is 14.4 Å². The number of benzene rings is 1. The molecule has 0 aliphatic carbocycles. The number of nitrogens with zero attached hydrogens (tertiary/aromatic N) is 1. The molecule has 154 valence electrons. The van der Waals surface area contributed by atoms with Crippen LogP contribution in [0.15, 0.2) is 18.2 Å². The number of thiophene rings is 1. The van der Waals surface area contributed by atoms with Crippen LogP contribution in [0.4, 0.5) is 9.80 Å². The fraction of sp³-hybridized carbons (Fsp3) is 0.381. The molecule has 0 atom stereocenters. The number of hydrogen-bond donors (Lipinski definition) is 1. The lowest BCUT2D eigenvalue weighted by Crippen LogP contribution is -2.36. The fourth-order valence-corrected chi connectivity index (χ4v) is 4.48. The standard InChI is InChI=1S/C21H24N2O5S/c1-5-28-21(26)23-9-8-15-16(11-23)29-19(17(15)20(25)27-4)22-18(24)14-7-6-12(2)13(3)10-14/h6-7,10H,5,8-9,11H2,1-4H3,(H,22,24). The second-order valence-corrected chi connectivity index (χ2v) is 7.93. The summed E-state index contributed by atoms with van der Waals surface area (Å²) in [7, 11) is 1.31. The molecular formula is C21H24N2O5S. The normalized spacial score (nSPS) is 12.9. The van der Waals surface area contributed by atoms with Crippen molar-refractivity contribution >= 4 is 34.3 Å². The van der Waals surface area contributed by atoms with Gasteiger partial charge in [0.25, 0.3) is 5.91 Å². The lowest BCUT2D eigenvalue weighted by atomic mass is 10.0. The average molecular weight is 416 g/mol. The van der Waals surface area contributed by atoms with Crippen molar-refractivity contribution in [2.75, 3.05) is 25.6 Å². The van der Waals surface area contributed by atoms with Gasteiger partial charge in [0.15, 0.2) is 0 Å². The van der Waals surface area contributed by atoms with Crippen molar-refractivity contribution in [2.24, 2.45) is 0 Å². The minimum Gasteiger partial charge on any atom is -0.465 e. The summed E-state index contributed by atoms with van der Waals surface area (Å²) in [5.74, 6) is -0.790. The van der Waals surface area contributed by atoms with Gasteiger partial charge in [0.1, 0.15) is 5.00 Å². The van der Waals surface area contributed by atoms with Gasteiger partial charge in [-0.3, -0.25) is 4.79 Å². The maximum absolute atomic E-state index is 12.8. The van der Waals surface area contributed by atoms with Crippen molar-refractivity contribution in [3.63, 3.8) is 0 Å². The molecule has 0 spiro atoms. The number of fused-ring (bicyclic) bond motifs is 1. The summed E-state index contributed by atoms with van der Waals surface area (Å²) in [6, 6.07) is 5.46. The summed E-state index contributed by atoms with van der Waals surface area (Å²) in [5, 5.41) is 3.30. The van der Waals surface area contributed by atoms with E-state index in [1.54, 1.807) is 17.9 Å². The largest absolute Gasteiger partial charge is 0.465 e. The number of amides is 2. The molecule has 2 heterocycles. The number of methoxy groups -OCH3 is 1. The summed E-state index contributed by atoms with van der Waals surface area (Å²) in [5.41, 5.74) is 3.82. The molecule has 29 heavy (non-hydrogen) atoms. The van der Waals surface area contributed by atoms with Crippen LogP contribution in [-0.4, -0.2) is 43.1 Å². The maximum atomic E-state index is 12.8. The van der Waals surface area contributed by atoms with Crippen molar-refractivity contribution < 1.29 is 23.9 Å². The predicted molar refractivity (Wildman–Crippen MR) is 111 cm³/mol. The molecule has 0 saturated heterocycles. The zero-order chi connectivity index (χ0) is 21.1. The van der Waals surface area contributed by atoms with Crippen molar-refractivity contribution in [2.45, 2.75) is 33.7 Å². The van der Waals surface area contributed by atoms with E-state index >= 15 is 0 Å². The molecule has 1 N–H and O–H groups in total. The number of nitrogens with one attached hydrogen (secondary N) is 1. The van der Waals surface area contributed by atoms with E-state index in [1.807, 2.05) is 26.0 Å². The minimum absolute atomic E-state index is 0.293. The van der Waals surface area contributed by atoms with Gasteiger partial charge >= 0.3 is 12.1 Å². The third kappa shape index (κ3) is 4.27. The predicted octanol–water partition coefficient (Wildman–Crippen LogP) is 3.92. The van der Waals surface area contributed by atoms with Crippen LogP contribution in [0.1, 0.15) is 49.2 Å². The van der Waals surface area contributed by atoms with Crippen LogP contribution in [-0.2, 0) is 22.4 Å². The Bertz CT molecular complexity index is 966. The van der Waals surface area contributed by atoms with Gasteiger partial charge < -0.3 is 19.7 Å². The minimum atomic E-state index is -0.498. The monoisotopic (exact) mass is 416 g/mol. The smallest absolute Gasteiger partial charge is 0.410 e. The van der Waals surface area contributed by atoms with Gasteiger partial charge in [0.05, 0.1) is 25.8 Å². The first-order chi connectivity index (χ1) is 13.8. The summed E-state index contributed by atoms with van der Waals surface area (Å²) in [4.78, 5) is 39.7. The van der Waals surface area contributed by atoms with E-state index in [0.717, 1.165) is 21.6 Å². The number of hydrogen-bond acceptors (Lipinski definition) is 6. The highest BCUT2D eigenvalue weighted by molar-refractivity contribution is 7.17. The van der Waals surface area contributed by atoms with E-state index in [4.69, 9.17) is 9.47 Å². The van der Waals surface area contributed by atoms with Crippen LogP contribution in [0.2, 0.25) is 0 Å². The Hall–Kier alpha value is -2.87. The van der Waals surface area contributed by atoms with Crippen LogP contribution < -0.4 is 5.32 Å². The highest BCUT2D eigenvalue weighted by atomic mass is 32.1. The third-order valence-electron chi connectivity index (χ3n) is 4.97. The molecule has 2 amide bonds. The van der Waals surface area contributed by atoms with Gasteiger partial charge in [-0.2, -0.15) is 0 Å². The number of ether oxygens (including phenoxy) is 2. The summed E-state index contributed by atoms with van der Waals surface area (Å²) in [6.45, 7) is 6.76. The Morgan fingerprint density at radius 1 is 1.21 bits per heavy atom. The molecule has 0 radical (unpaired) electrons. The van der Waals surface area contributed by atoms with Gasteiger partial charge in [0, 0.05) is 17.0 Å². The van der Waals surface area contributed by atoms with Gasteiger partial charge in [-0.15, -0.1) is 11.3 Å². The summed E-state index contributed by atoms with van der Waals surface area (Å²) >= 11 is 1.29. The number of aryl methyl sites for hydroxylation is 2. The molecule has 1 aromatic heterocycles. The van der Waals surface area contributed by atoms with E-state index in [0.29, 0.717) is 42.2 Å². The van der Waals surface area contributed by atoms with Crippen molar-refractivity contribution in [1.82, 2.24) is 4.90 Å². The molecule has 0 bridgehead atoms. The lowest BCUT2D eigenvalue weighted by molar-refractivity contribution is 0.0600. The molecule has 8 heteroatoms. The molecule has 2 aromatic rings. The Kier molecular flexibility index (Phi) is 6.22. The van der Waals surface area contributed by atoms with Crippen LogP contribution in [0, 0.1) is 13.8 Å². The van der Waals surface area contributed by atoms with E-state index < -0.39 is 5.97 Å². The number of esters is 1. The number of anilines is 1. The van der Waals surface area contributed by atoms with Crippen LogP contribution in [0.25, 0.3) is 0 Å².